The van der Waals surface area contributed by atoms with Crippen LogP contribution in [0.5, 0.6) is 0 Å². The number of amides is 1. The number of esters is 1. The van der Waals surface area contributed by atoms with Crippen LogP contribution in [-0.4, -0.2) is 22.6 Å². The number of hydrogen-bond donors (Lipinski definition) is 1. The van der Waals surface area contributed by atoms with Gasteiger partial charge in [-0.05, 0) is 25.7 Å². The molecule has 1 aliphatic carbocycles. The van der Waals surface area contributed by atoms with E-state index in [0.717, 1.165) is 37.7 Å². The first-order valence-corrected chi connectivity index (χ1v) is 9.17. The Kier molecular flexibility index (Phi) is 4.49. The molecule has 1 spiro atoms. The first-order chi connectivity index (χ1) is 12.7. The molecule has 1 saturated heterocycles. The predicted octanol–water partition coefficient (Wildman–Crippen LogP) is 3.22. The number of carbonyl (C=O) groups excluding carboxylic acids is 2. The van der Waals surface area contributed by atoms with Gasteiger partial charge in [0.25, 0.3) is 0 Å². The molecule has 2 aromatic rings. The minimum absolute atomic E-state index is 0.137. The summed E-state index contributed by atoms with van der Waals surface area (Å²) >= 11 is 0. The van der Waals surface area contributed by atoms with Crippen molar-refractivity contribution in [2.24, 2.45) is 5.92 Å². The minimum atomic E-state index is -0.599. The summed E-state index contributed by atoms with van der Waals surface area (Å²) in [4.78, 5) is 24.5. The summed E-state index contributed by atoms with van der Waals surface area (Å²) in [7, 11) is 0. The van der Waals surface area contributed by atoms with E-state index >= 15 is 0 Å². The number of ether oxygens (including phenoxy) is 1. The molecule has 6 nitrogen and oxygen atoms in total. The van der Waals surface area contributed by atoms with Crippen molar-refractivity contribution in [3.05, 3.63) is 42.1 Å². The van der Waals surface area contributed by atoms with E-state index in [1.165, 1.54) is 0 Å². The topological polar surface area (TPSA) is 81.4 Å². The molecule has 6 heteroatoms. The summed E-state index contributed by atoms with van der Waals surface area (Å²) < 4.78 is 11.0. The number of aromatic nitrogens is 1. The molecule has 2 fully saturated rings. The molecule has 1 atom stereocenters. The van der Waals surface area contributed by atoms with E-state index in [9.17, 15) is 9.59 Å². The van der Waals surface area contributed by atoms with Gasteiger partial charge in [-0.3, -0.25) is 9.59 Å². The molecule has 1 unspecified atom stereocenters. The van der Waals surface area contributed by atoms with Crippen molar-refractivity contribution in [3.63, 3.8) is 0 Å². The molecule has 2 aliphatic rings. The standard InChI is InChI=1S/C20H22N2O4/c23-18-12-16(20(25-18)9-5-2-6-10-20)19(24)21-13-15-11-17(26-22-15)14-7-3-1-4-8-14/h1,3-4,7-8,11,16H,2,5-6,9-10,12-13H2,(H,21,24). The Bertz CT molecular complexity index is 793. The molecule has 1 N–H and O–H groups in total. The lowest BCUT2D eigenvalue weighted by Gasteiger charge is -2.35. The summed E-state index contributed by atoms with van der Waals surface area (Å²) in [6, 6.07) is 11.5. The van der Waals surface area contributed by atoms with Gasteiger partial charge in [-0.1, -0.05) is 41.9 Å². The van der Waals surface area contributed by atoms with Crippen LogP contribution in [0, 0.1) is 5.92 Å². The third kappa shape index (κ3) is 3.23. The van der Waals surface area contributed by atoms with Gasteiger partial charge in [0.2, 0.25) is 5.91 Å². The predicted molar refractivity (Wildman–Crippen MR) is 93.8 cm³/mol. The average molecular weight is 354 g/mol. The van der Waals surface area contributed by atoms with Crippen molar-refractivity contribution < 1.29 is 18.8 Å². The first kappa shape index (κ1) is 16.8. The van der Waals surface area contributed by atoms with Crippen LogP contribution in [0.1, 0.15) is 44.2 Å². The Morgan fingerprint density at radius 3 is 2.73 bits per heavy atom. The highest BCUT2D eigenvalue weighted by molar-refractivity contribution is 5.87. The highest BCUT2D eigenvalue weighted by Crippen LogP contribution is 2.44. The van der Waals surface area contributed by atoms with Crippen molar-refractivity contribution in [1.29, 1.82) is 0 Å². The summed E-state index contributed by atoms with van der Waals surface area (Å²) in [6.07, 6.45) is 4.86. The van der Waals surface area contributed by atoms with E-state index in [1.807, 2.05) is 36.4 Å². The van der Waals surface area contributed by atoms with Crippen LogP contribution < -0.4 is 5.32 Å². The Morgan fingerprint density at radius 2 is 1.96 bits per heavy atom. The van der Waals surface area contributed by atoms with Gasteiger partial charge in [0, 0.05) is 11.6 Å². The van der Waals surface area contributed by atoms with Gasteiger partial charge in [0.15, 0.2) is 5.76 Å². The van der Waals surface area contributed by atoms with Crippen LogP contribution >= 0.6 is 0 Å². The Labute approximate surface area is 151 Å². The Hall–Kier alpha value is -2.63. The normalized spacial score (nSPS) is 21.5. The van der Waals surface area contributed by atoms with Crippen molar-refractivity contribution in [3.8, 4) is 11.3 Å². The maximum atomic E-state index is 12.7. The van der Waals surface area contributed by atoms with Crippen molar-refractivity contribution >= 4 is 11.9 Å². The van der Waals surface area contributed by atoms with Crippen LogP contribution in [0.4, 0.5) is 0 Å². The molecule has 1 aliphatic heterocycles. The lowest BCUT2D eigenvalue weighted by atomic mass is 9.75. The molecule has 26 heavy (non-hydrogen) atoms. The summed E-state index contributed by atoms with van der Waals surface area (Å²) in [5.41, 5.74) is 0.993. The van der Waals surface area contributed by atoms with E-state index in [1.54, 1.807) is 0 Å². The lowest BCUT2D eigenvalue weighted by molar-refractivity contribution is -0.153. The zero-order chi connectivity index (χ0) is 18.0. The molecule has 0 radical (unpaired) electrons. The number of nitrogens with one attached hydrogen (secondary N) is 1. The fourth-order valence-corrected chi connectivity index (χ4v) is 4.06. The molecular weight excluding hydrogens is 332 g/mol. The SMILES string of the molecule is O=C1CC(C(=O)NCc2cc(-c3ccccc3)on2)C2(CCCCC2)O1. The number of nitrogens with zero attached hydrogens (tertiary/aromatic N) is 1. The second-order valence-corrected chi connectivity index (χ2v) is 7.12. The van der Waals surface area contributed by atoms with Crippen LogP contribution in [-0.2, 0) is 20.9 Å². The summed E-state index contributed by atoms with van der Waals surface area (Å²) in [6.45, 7) is 0.274. The van der Waals surface area contributed by atoms with Crippen molar-refractivity contribution in [2.75, 3.05) is 0 Å². The van der Waals surface area contributed by atoms with E-state index in [0.29, 0.717) is 11.5 Å². The zero-order valence-electron chi connectivity index (χ0n) is 14.6. The van der Waals surface area contributed by atoms with Crippen LogP contribution in [0.3, 0.4) is 0 Å². The van der Waals surface area contributed by atoms with Gasteiger partial charge < -0.3 is 14.6 Å². The molecule has 1 saturated carbocycles. The number of hydrogen-bond acceptors (Lipinski definition) is 5. The monoisotopic (exact) mass is 354 g/mol. The lowest BCUT2D eigenvalue weighted by Crippen LogP contribution is -2.45. The van der Waals surface area contributed by atoms with Crippen LogP contribution in [0.15, 0.2) is 40.9 Å². The highest BCUT2D eigenvalue weighted by Gasteiger charge is 2.52. The van der Waals surface area contributed by atoms with Gasteiger partial charge in [-0.15, -0.1) is 0 Å². The van der Waals surface area contributed by atoms with E-state index < -0.39 is 11.5 Å². The van der Waals surface area contributed by atoms with E-state index in [4.69, 9.17) is 9.26 Å². The Balaban J connectivity index is 1.41. The van der Waals surface area contributed by atoms with Gasteiger partial charge in [0.1, 0.15) is 11.3 Å². The van der Waals surface area contributed by atoms with Crippen LogP contribution in [0.25, 0.3) is 11.3 Å². The fourth-order valence-electron chi connectivity index (χ4n) is 4.06. The second-order valence-electron chi connectivity index (χ2n) is 7.12. The van der Waals surface area contributed by atoms with Gasteiger partial charge in [-0.2, -0.15) is 0 Å². The number of rotatable bonds is 4. The number of carbonyl (C=O) groups is 2. The third-order valence-electron chi connectivity index (χ3n) is 5.40. The summed E-state index contributed by atoms with van der Waals surface area (Å²) in [5.74, 6) is -0.143. The minimum Gasteiger partial charge on any atom is -0.458 e. The first-order valence-electron chi connectivity index (χ1n) is 9.17. The Morgan fingerprint density at radius 1 is 1.19 bits per heavy atom. The molecule has 2 heterocycles. The molecular formula is C20H22N2O4. The quantitative estimate of drug-likeness (QED) is 0.853. The van der Waals surface area contributed by atoms with Gasteiger partial charge in [-0.25, -0.2) is 0 Å². The van der Waals surface area contributed by atoms with Crippen molar-refractivity contribution in [2.45, 2.75) is 50.7 Å². The van der Waals surface area contributed by atoms with Gasteiger partial charge >= 0.3 is 5.97 Å². The second kappa shape index (κ2) is 6.94. The van der Waals surface area contributed by atoms with E-state index in [-0.39, 0.29) is 24.8 Å². The average Bonchev–Trinajstić information content (AvgIpc) is 3.26. The zero-order valence-corrected chi connectivity index (χ0v) is 14.6. The molecule has 1 aromatic carbocycles. The molecule has 4 rings (SSSR count). The van der Waals surface area contributed by atoms with Gasteiger partial charge in [0.05, 0.1) is 18.9 Å². The van der Waals surface area contributed by atoms with E-state index in [2.05, 4.69) is 10.5 Å². The maximum Gasteiger partial charge on any atom is 0.307 e. The fraction of sp³-hybridized carbons (Fsp3) is 0.450. The number of benzene rings is 1. The molecule has 0 bridgehead atoms. The smallest absolute Gasteiger partial charge is 0.307 e. The van der Waals surface area contributed by atoms with Crippen molar-refractivity contribution in [1.82, 2.24) is 10.5 Å². The van der Waals surface area contributed by atoms with Crippen LogP contribution in [0.2, 0.25) is 0 Å². The largest absolute Gasteiger partial charge is 0.458 e. The molecule has 136 valence electrons. The molecule has 1 amide bonds. The molecule has 1 aromatic heterocycles. The highest BCUT2D eigenvalue weighted by atomic mass is 16.6. The summed E-state index contributed by atoms with van der Waals surface area (Å²) in [5, 5.41) is 6.93. The third-order valence-corrected chi connectivity index (χ3v) is 5.40. The maximum absolute atomic E-state index is 12.7.